The average Bonchev–Trinajstić information content (AvgIpc) is 2.81. The van der Waals surface area contributed by atoms with Crippen LogP contribution in [0.5, 0.6) is 11.5 Å². The lowest BCUT2D eigenvalue weighted by atomic mass is 9.82. The Bertz CT molecular complexity index is 851. The molecule has 0 aromatic heterocycles. The lowest BCUT2D eigenvalue weighted by Crippen LogP contribution is -2.47. The van der Waals surface area contributed by atoms with E-state index in [1.807, 2.05) is 25.1 Å². The summed E-state index contributed by atoms with van der Waals surface area (Å²) in [5.74, 6) is -0.151. The standard InChI is InChI=1S/C29H49NO8/c1-9-36-13-10-14-37-26-17-21(11-12-25(26)35-8)16-22(19(2)3)18-23(24(31)15-20(4)27(32)33)30-28(34)38-29(5,6)7/h11-12,17,19-20,22-24,31H,9-10,13-16,18H2,1-8H3,(H,30,34)(H,32,33)/t20-,22+,23+,24+/m1/s1. The number of carboxylic acids is 1. The minimum Gasteiger partial charge on any atom is -0.493 e. The van der Waals surface area contributed by atoms with Crippen LogP contribution < -0.4 is 14.8 Å². The normalized spacial score (nSPS) is 14.9. The second-order valence-electron chi connectivity index (χ2n) is 11.1. The van der Waals surface area contributed by atoms with E-state index < -0.39 is 35.7 Å². The van der Waals surface area contributed by atoms with E-state index in [1.54, 1.807) is 34.8 Å². The summed E-state index contributed by atoms with van der Waals surface area (Å²) in [5, 5.41) is 23.1. The summed E-state index contributed by atoms with van der Waals surface area (Å²) in [7, 11) is 1.60. The first-order valence-electron chi connectivity index (χ1n) is 13.5. The molecule has 38 heavy (non-hydrogen) atoms. The molecule has 9 nitrogen and oxygen atoms in total. The second-order valence-corrected chi connectivity index (χ2v) is 11.1. The van der Waals surface area contributed by atoms with Gasteiger partial charge in [0.1, 0.15) is 5.60 Å². The van der Waals surface area contributed by atoms with E-state index >= 15 is 0 Å². The summed E-state index contributed by atoms with van der Waals surface area (Å²) in [6.45, 7) is 14.8. The molecule has 0 radical (unpaired) electrons. The fraction of sp³-hybridized carbons (Fsp3) is 0.724. The van der Waals surface area contributed by atoms with Crippen LogP contribution in [-0.4, -0.2) is 67.0 Å². The van der Waals surface area contributed by atoms with Gasteiger partial charge in [0, 0.05) is 19.6 Å². The molecule has 0 saturated carbocycles. The highest BCUT2D eigenvalue weighted by Gasteiger charge is 2.31. The van der Waals surface area contributed by atoms with Gasteiger partial charge in [-0.2, -0.15) is 0 Å². The number of carboxylic acid groups (broad SMARTS) is 1. The molecule has 0 aliphatic carbocycles. The van der Waals surface area contributed by atoms with Crippen molar-refractivity contribution in [2.45, 2.75) is 91.9 Å². The maximum absolute atomic E-state index is 12.6. The predicted molar refractivity (Wildman–Crippen MR) is 147 cm³/mol. The van der Waals surface area contributed by atoms with Gasteiger partial charge in [0.05, 0.1) is 31.8 Å². The van der Waals surface area contributed by atoms with Crippen molar-refractivity contribution >= 4 is 12.1 Å². The number of aliphatic carboxylic acids is 1. The molecule has 0 aliphatic heterocycles. The number of methoxy groups -OCH3 is 1. The van der Waals surface area contributed by atoms with Gasteiger partial charge in [0.2, 0.25) is 0 Å². The Balaban J connectivity index is 3.08. The quantitative estimate of drug-likeness (QED) is 0.235. The summed E-state index contributed by atoms with van der Waals surface area (Å²) in [5.41, 5.74) is 0.335. The molecular formula is C29H49NO8. The Hall–Kier alpha value is -2.52. The molecule has 3 N–H and O–H groups in total. The Labute approximate surface area is 228 Å². The number of carbonyl (C=O) groups is 2. The lowest BCUT2D eigenvalue weighted by Gasteiger charge is -2.32. The van der Waals surface area contributed by atoms with Crippen LogP contribution in [0, 0.1) is 17.8 Å². The first-order chi connectivity index (χ1) is 17.8. The van der Waals surface area contributed by atoms with Crippen molar-refractivity contribution in [3.63, 3.8) is 0 Å². The lowest BCUT2D eigenvalue weighted by molar-refractivity contribution is -0.142. The number of benzene rings is 1. The fourth-order valence-electron chi connectivity index (χ4n) is 4.07. The van der Waals surface area contributed by atoms with Gasteiger partial charge < -0.3 is 34.5 Å². The summed E-state index contributed by atoms with van der Waals surface area (Å²) in [6, 6.07) is 5.16. The second kappa shape index (κ2) is 16.4. The number of carbonyl (C=O) groups excluding carboxylic acids is 1. The molecule has 0 saturated heterocycles. The van der Waals surface area contributed by atoms with Crippen LogP contribution >= 0.6 is 0 Å². The monoisotopic (exact) mass is 539 g/mol. The van der Waals surface area contributed by atoms with Crippen LogP contribution in [0.1, 0.15) is 73.3 Å². The van der Waals surface area contributed by atoms with Crippen molar-refractivity contribution in [1.29, 1.82) is 0 Å². The maximum Gasteiger partial charge on any atom is 0.407 e. The zero-order chi connectivity index (χ0) is 28.9. The molecule has 0 unspecified atom stereocenters. The summed E-state index contributed by atoms with van der Waals surface area (Å²) in [4.78, 5) is 24.0. The Morgan fingerprint density at radius 1 is 1.05 bits per heavy atom. The number of ether oxygens (including phenoxy) is 4. The van der Waals surface area contributed by atoms with Gasteiger partial charge in [-0.25, -0.2) is 4.79 Å². The van der Waals surface area contributed by atoms with E-state index in [4.69, 9.17) is 18.9 Å². The topological polar surface area (TPSA) is 124 Å². The highest BCUT2D eigenvalue weighted by molar-refractivity contribution is 5.70. The SMILES string of the molecule is CCOCCCOc1cc(C[C@@H](C[C@H](NC(=O)OC(C)(C)C)[C@@H](O)C[C@@H](C)C(=O)O)C(C)C)ccc1OC. The minimum absolute atomic E-state index is 0.0167. The molecule has 0 aliphatic rings. The number of amides is 1. The van der Waals surface area contributed by atoms with Gasteiger partial charge in [-0.3, -0.25) is 4.79 Å². The van der Waals surface area contributed by atoms with E-state index in [-0.39, 0.29) is 18.3 Å². The van der Waals surface area contributed by atoms with Gasteiger partial charge in [-0.05, 0) is 76.5 Å². The van der Waals surface area contributed by atoms with Crippen LogP contribution in [0.2, 0.25) is 0 Å². The molecular weight excluding hydrogens is 490 g/mol. The van der Waals surface area contributed by atoms with E-state index in [0.29, 0.717) is 44.2 Å². The van der Waals surface area contributed by atoms with Crippen LogP contribution in [-0.2, 0) is 20.7 Å². The van der Waals surface area contributed by atoms with Crippen molar-refractivity contribution in [2.75, 3.05) is 26.9 Å². The van der Waals surface area contributed by atoms with Crippen molar-refractivity contribution in [1.82, 2.24) is 5.32 Å². The predicted octanol–water partition coefficient (Wildman–Crippen LogP) is 5.07. The Morgan fingerprint density at radius 2 is 1.74 bits per heavy atom. The molecule has 0 heterocycles. The molecule has 218 valence electrons. The molecule has 0 fully saturated rings. The fourth-order valence-corrected chi connectivity index (χ4v) is 4.07. The maximum atomic E-state index is 12.6. The van der Waals surface area contributed by atoms with Crippen LogP contribution in [0.25, 0.3) is 0 Å². The van der Waals surface area contributed by atoms with E-state index in [1.165, 1.54) is 0 Å². The molecule has 1 rings (SSSR count). The summed E-state index contributed by atoms with van der Waals surface area (Å²) < 4.78 is 22.2. The molecule has 4 atom stereocenters. The minimum atomic E-state index is -1.05. The molecule has 1 aromatic carbocycles. The van der Waals surface area contributed by atoms with Gasteiger partial charge in [0.15, 0.2) is 11.5 Å². The average molecular weight is 540 g/mol. The largest absolute Gasteiger partial charge is 0.493 e. The number of rotatable bonds is 17. The Morgan fingerprint density at radius 3 is 2.29 bits per heavy atom. The summed E-state index contributed by atoms with van der Waals surface area (Å²) in [6.07, 6.45) is 0.212. The zero-order valence-corrected chi connectivity index (χ0v) is 24.4. The highest BCUT2D eigenvalue weighted by Crippen LogP contribution is 2.32. The third-order valence-electron chi connectivity index (χ3n) is 6.30. The van der Waals surface area contributed by atoms with Gasteiger partial charge in [-0.1, -0.05) is 26.8 Å². The van der Waals surface area contributed by atoms with Gasteiger partial charge in [0.25, 0.3) is 0 Å². The van der Waals surface area contributed by atoms with E-state index in [9.17, 15) is 19.8 Å². The molecule has 0 spiro atoms. The third kappa shape index (κ3) is 12.8. The summed E-state index contributed by atoms with van der Waals surface area (Å²) >= 11 is 0. The number of nitrogens with one attached hydrogen (secondary N) is 1. The number of alkyl carbamates (subject to hydrolysis) is 1. The van der Waals surface area contributed by atoms with Gasteiger partial charge >= 0.3 is 12.1 Å². The smallest absolute Gasteiger partial charge is 0.407 e. The van der Waals surface area contributed by atoms with Gasteiger partial charge in [-0.15, -0.1) is 0 Å². The number of aliphatic hydroxyl groups excluding tert-OH is 1. The highest BCUT2D eigenvalue weighted by atomic mass is 16.6. The van der Waals surface area contributed by atoms with Crippen LogP contribution in [0.4, 0.5) is 4.79 Å². The number of hydrogen-bond donors (Lipinski definition) is 3. The number of hydrogen-bond acceptors (Lipinski definition) is 7. The number of aliphatic hydroxyl groups is 1. The van der Waals surface area contributed by atoms with Crippen molar-refractivity contribution in [3.8, 4) is 11.5 Å². The zero-order valence-electron chi connectivity index (χ0n) is 24.4. The molecule has 1 aromatic rings. The van der Waals surface area contributed by atoms with Crippen molar-refractivity contribution < 1.29 is 38.7 Å². The van der Waals surface area contributed by atoms with Crippen LogP contribution in [0.3, 0.4) is 0 Å². The first kappa shape index (κ1) is 33.5. The van der Waals surface area contributed by atoms with E-state index in [2.05, 4.69) is 19.2 Å². The Kier molecular flexibility index (Phi) is 14.5. The molecule has 1 amide bonds. The van der Waals surface area contributed by atoms with E-state index in [0.717, 1.165) is 12.0 Å². The van der Waals surface area contributed by atoms with Crippen molar-refractivity contribution in [3.05, 3.63) is 23.8 Å². The third-order valence-corrected chi connectivity index (χ3v) is 6.30. The molecule has 9 heteroatoms. The van der Waals surface area contributed by atoms with Crippen LogP contribution in [0.15, 0.2) is 18.2 Å². The first-order valence-corrected chi connectivity index (χ1v) is 13.5. The molecule has 0 bridgehead atoms. The van der Waals surface area contributed by atoms with Crippen molar-refractivity contribution in [2.24, 2.45) is 17.8 Å².